The second-order valence-electron chi connectivity index (χ2n) is 1.65. The summed E-state index contributed by atoms with van der Waals surface area (Å²) >= 11 is 0. The summed E-state index contributed by atoms with van der Waals surface area (Å²) in [6.07, 6.45) is 0. The molecule has 0 rings (SSSR count). The van der Waals surface area contributed by atoms with E-state index in [1.807, 2.05) is 0 Å². The third-order valence-corrected chi connectivity index (χ3v) is 0.787. The van der Waals surface area contributed by atoms with Crippen molar-refractivity contribution in [1.29, 1.82) is 0 Å². The molecule has 0 amide bonds. The van der Waals surface area contributed by atoms with Gasteiger partial charge in [-0.25, -0.2) is 4.79 Å². The number of likely N-dealkylation sites (N-methyl/N-ethyl adjacent to an activating group) is 1. The lowest BCUT2D eigenvalue weighted by atomic mass is 10.5. The number of nitrogens with zero attached hydrogens (tertiary/aromatic N) is 1. The first kappa shape index (κ1) is 37.9. The average molecular weight is 277 g/mol. The zero-order chi connectivity index (χ0) is 6.73. The Bertz CT molecular complexity index is 130. The summed E-state index contributed by atoms with van der Waals surface area (Å²) in [6, 6.07) is 0. The largest absolute Gasteiger partial charge is 0.477 e. The second-order valence-corrected chi connectivity index (χ2v) is 1.65. The molecule has 0 aromatic carbocycles. The van der Waals surface area contributed by atoms with Crippen molar-refractivity contribution in [3.8, 4) is 0 Å². The topological polar surface area (TPSA) is 40.5 Å². The average Bonchev–Trinajstić information content (AvgIpc) is 1.64. The standard InChI is InChI=1S/C5H9NO2.CH4.4ClH/c1-4(5(7)8)6(2)3;;;;;/h1H2,2-3H3,(H,7,8);1H4;4*1H. The van der Waals surface area contributed by atoms with Crippen LogP contribution in [-0.4, -0.2) is 30.1 Å². The van der Waals surface area contributed by atoms with Crippen LogP contribution in [0.3, 0.4) is 0 Å². The third-order valence-electron chi connectivity index (χ3n) is 0.787. The lowest BCUT2D eigenvalue weighted by Gasteiger charge is -2.09. The molecule has 0 aliphatic heterocycles. The highest BCUT2D eigenvalue weighted by atomic mass is 35.5. The number of hydrogen-bond acceptors (Lipinski definition) is 2. The first-order valence-electron chi connectivity index (χ1n) is 2.15. The summed E-state index contributed by atoms with van der Waals surface area (Å²) in [4.78, 5) is 11.4. The Morgan fingerprint density at radius 2 is 1.38 bits per heavy atom. The molecule has 0 aliphatic carbocycles. The Kier molecular flexibility index (Phi) is 52.7. The van der Waals surface area contributed by atoms with Gasteiger partial charge in [-0.2, -0.15) is 0 Å². The van der Waals surface area contributed by atoms with Crippen LogP contribution in [-0.2, 0) is 4.79 Å². The van der Waals surface area contributed by atoms with Crippen LogP contribution in [0.15, 0.2) is 12.3 Å². The van der Waals surface area contributed by atoms with Gasteiger partial charge in [0.15, 0.2) is 0 Å². The second kappa shape index (κ2) is 18.1. The van der Waals surface area contributed by atoms with Crippen molar-refractivity contribution in [3.05, 3.63) is 12.3 Å². The molecule has 86 valence electrons. The fourth-order valence-electron chi connectivity index (χ4n) is 0.191. The van der Waals surface area contributed by atoms with Crippen molar-refractivity contribution in [2.24, 2.45) is 0 Å². The summed E-state index contributed by atoms with van der Waals surface area (Å²) in [5, 5.41) is 8.21. The number of hydrogen-bond donors (Lipinski definition) is 1. The monoisotopic (exact) mass is 275 g/mol. The highest BCUT2D eigenvalue weighted by molar-refractivity contribution is 5.86. The number of halogens is 4. The van der Waals surface area contributed by atoms with E-state index in [9.17, 15) is 4.79 Å². The highest BCUT2D eigenvalue weighted by Gasteiger charge is 2.02. The zero-order valence-corrected chi connectivity index (χ0v) is 9.91. The van der Waals surface area contributed by atoms with Crippen LogP contribution in [0, 0.1) is 0 Å². The molecule has 0 spiro atoms. The number of carbonyl (C=O) groups is 1. The van der Waals surface area contributed by atoms with E-state index in [1.165, 1.54) is 4.90 Å². The van der Waals surface area contributed by atoms with Crippen LogP contribution in [0.5, 0.6) is 0 Å². The van der Waals surface area contributed by atoms with E-state index in [0.717, 1.165) is 0 Å². The molecule has 0 saturated heterocycles. The molecule has 0 radical (unpaired) electrons. The van der Waals surface area contributed by atoms with E-state index in [4.69, 9.17) is 5.11 Å². The molecule has 0 saturated carbocycles. The summed E-state index contributed by atoms with van der Waals surface area (Å²) in [6.45, 7) is 3.28. The van der Waals surface area contributed by atoms with Gasteiger partial charge in [0.05, 0.1) is 0 Å². The maximum atomic E-state index is 10.00. The third kappa shape index (κ3) is 18.9. The van der Waals surface area contributed by atoms with E-state index >= 15 is 0 Å². The molecule has 0 heterocycles. The fourth-order valence-corrected chi connectivity index (χ4v) is 0.191. The summed E-state index contributed by atoms with van der Waals surface area (Å²) in [5.41, 5.74) is 0.102. The number of rotatable bonds is 2. The Morgan fingerprint density at radius 3 is 1.38 bits per heavy atom. The minimum absolute atomic E-state index is 0. The normalized spacial score (nSPS) is 5.08. The van der Waals surface area contributed by atoms with Crippen LogP contribution in [0.4, 0.5) is 0 Å². The maximum absolute atomic E-state index is 10.00. The van der Waals surface area contributed by atoms with Gasteiger partial charge in [0.25, 0.3) is 0 Å². The summed E-state index contributed by atoms with van der Waals surface area (Å²) in [7, 11) is 3.27. The van der Waals surface area contributed by atoms with E-state index in [2.05, 4.69) is 6.58 Å². The minimum Gasteiger partial charge on any atom is -0.477 e. The molecular weight excluding hydrogens is 260 g/mol. The van der Waals surface area contributed by atoms with Crippen LogP contribution in [0.2, 0.25) is 0 Å². The lowest BCUT2D eigenvalue weighted by Crippen LogP contribution is -2.17. The van der Waals surface area contributed by atoms with Gasteiger partial charge in [0.1, 0.15) is 5.70 Å². The highest BCUT2D eigenvalue weighted by Crippen LogP contribution is 1.91. The molecule has 3 nitrogen and oxygen atoms in total. The Morgan fingerprint density at radius 1 is 1.15 bits per heavy atom. The van der Waals surface area contributed by atoms with Gasteiger partial charge in [-0.1, -0.05) is 14.0 Å². The van der Waals surface area contributed by atoms with E-state index in [1.54, 1.807) is 14.1 Å². The molecule has 0 atom stereocenters. The molecule has 0 fully saturated rings. The van der Waals surface area contributed by atoms with Gasteiger partial charge in [-0.3, -0.25) is 0 Å². The van der Waals surface area contributed by atoms with Gasteiger partial charge in [0, 0.05) is 14.1 Å². The van der Waals surface area contributed by atoms with Crippen molar-refractivity contribution in [2.75, 3.05) is 14.1 Å². The molecular formula is C6H17Cl4NO2. The lowest BCUT2D eigenvalue weighted by molar-refractivity contribution is -0.134. The molecule has 0 aliphatic rings. The smallest absolute Gasteiger partial charge is 0.351 e. The number of carboxylic acids is 1. The maximum Gasteiger partial charge on any atom is 0.351 e. The molecule has 0 aromatic heterocycles. The van der Waals surface area contributed by atoms with Gasteiger partial charge < -0.3 is 10.0 Å². The summed E-state index contributed by atoms with van der Waals surface area (Å²) in [5.74, 6) is -0.977. The minimum atomic E-state index is -0.977. The molecule has 0 unspecified atom stereocenters. The first-order valence-corrected chi connectivity index (χ1v) is 2.15. The van der Waals surface area contributed by atoms with E-state index in [-0.39, 0.29) is 62.8 Å². The molecule has 0 bridgehead atoms. The van der Waals surface area contributed by atoms with Crippen LogP contribution >= 0.6 is 49.6 Å². The van der Waals surface area contributed by atoms with Crippen molar-refractivity contribution in [1.82, 2.24) is 4.90 Å². The Hall–Kier alpha value is 0.170. The van der Waals surface area contributed by atoms with Gasteiger partial charge in [0.2, 0.25) is 0 Å². The Balaban J connectivity index is -0.0000000245. The first-order chi connectivity index (χ1) is 3.55. The predicted molar refractivity (Wildman–Crippen MR) is 66.2 cm³/mol. The van der Waals surface area contributed by atoms with Gasteiger partial charge in [-0.15, -0.1) is 49.6 Å². The quantitative estimate of drug-likeness (QED) is 0.788. The van der Waals surface area contributed by atoms with E-state index in [0.29, 0.717) is 0 Å². The summed E-state index contributed by atoms with van der Waals surface area (Å²) < 4.78 is 0. The van der Waals surface area contributed by atoms with Crippen LogP contribution in [0.25, 0.3) is 0 Å². The van der Waals surface area contributed by atoms with E-state index < -0.39 is 5.97 Å². The molecule has 13 heavy (non-hydrogen) atoms. The zero-order valence-electron chi connectivity index (χ0n) is 6.64. The van der Waals surface area contributed by atoms with Crippen molar-refractivity contribution in [3.63, 3.8) is 0 Å². The van der Waals surface area contributed by atoms with Gasteiger partial charge >= 0.3 is 5.97 Å². The van der Waals surface area contributed by atoms with Gasteiger partial charge in [-0.05, 0) is 0 Å². The molecule has 7 heteroatoms. The molecule has 0 aromatic rings. The molecule has 1 N–H and O–H groups in total. The van der Waals surface area contributed by atoms with Crippen molar-refractivity contribution >= 4 is 55.6 Å². The van der Waals surface area contributed by atoms with Crippen molar-refractivity contribution < 1.29 is 9.90 Å². The SMILES string of the molecule is C.C=C(C(=O)O)N(C)C.Cl.Cl.Cl.Cl. The fraction of sp³-hybridized carbons (Fsp3) is 0.500. The number of aliphatic carboxylic acids is 1. The van der Waals surface area contributed by atoms with Crippen LogP contribution < -0.4 is 0 Å². The van der Waals surface area contributed by atoms with Crippen molar-refractivity contribution in [2.45, 2.75) is 7.43 Å². The Labute approximate surface area is 104 Å². The predicted octanol–water partition coefficient (Wildman–Crippen LogP) is 2.47. The van der Waals surface area contributed by atoms with Crippen LogP contribution in [0.1, 0.15) is 7.43 Å². The number of carboxylic acid groups (broad SMARTS) is 1.